The second-order valence-electron chi connectivity index (χ2n) is 3.92. The van der Waals surface area contributed by atoms with Crippen molar-refractivity contribution in [2.45, 2.75) is 25.3 Å². The van der Waals surface area contributed by atoms with E-state index in [0.717, 1.165) is 19.3 Å². The number of amides is 1. The highest BCUT2D eigenvalue weighted by molar-refractivity contribution is 7.78. The number of rotatable bonds is 2. The molecular formula is C11H14N2OS. The summed E-state index contributed by atoms with van der Waals surface area (Å²) >= 11 is 4.08. The van der Waals surface area contributed by atoms with Gasteiger partial charge in [-0.3, -0.25) is 9.52 Å². The fraction of sp³-hybridized carbons (Fsp3) is 0.364. The van der Waals surface area contributed by atoms with Gasteiger partial charge in [-0.25, -0.2) is 0 Å². The van der Waals surface area contributed by atoms with Gasteiger partial charge in [0, 0.05) is 11.6 Å². The molecule has 0 saturated carbocycles. The van der Waals surface area contributed by atoms with E-state index in [1.807, 2.05) is 12.1 Å². The van der Waals surface area contributed by atoms with E-state index in [9.17, 15) is 4.79 Å². The summed E-state index contributed by atoms with van der Waals surface area (Å²) < 4.78 is 2.97. The Morgan fingerprint density at radius 2 is 2.27 bits per heavy atom. The van der Waals surface area contributed by atoms with Crippen LogP contribution in [0.25, 0.3) is 0 Å². The summed E-state index contributed by atoms with van der Waals surface area (Å²) in [5.41, 5.74) is 8.37. The van der Waals surface area contributed by atoms with Crippen molar-refractivity contribution in [3.63, 3.8) is 0 Å². The third kappa shape index (κ3) is 2.16. The topological polar surface area (TPSA) is 55.1 Å². The quantitative estimate of drug-likeness (QED) is 0.656. The van der Waals surface area contributed by atoms with E-state index in [0.29, 0.717) is 11.6 Å². The summed E-state index contributed by atoms with van der Waals surface area (Å²) in [5, 5.41) is 0. The van der Waals surface area contributed by atoms with Crippen LogP contribution in [0.4, 0.5) is 0 Å². The Bertz CT molecular complexity index is 392. The normalized spacial score (nSPS) is 19.7. The van der Waals surface area contributed by atoms with Crippen LogP contribution in [0.3, 0.4) is 0 Å². The molecule has 3 N–H and O–H groups in total. The zero-order chi connectivity index (χ0) is 10.8. The number of hydrogen-bond acceptors (Lipinski definition) is 3. The van der Waals surface area contributed by atoms with Gasteiger partial charge in [0.25, 0.3) is 0 Å². The number of primary amides is 1. The maximum absolute atomic E-state index is 11.0. The summed E-state index contributed by atoms with van der Waals surface area (Å²) in [6.45, 7) is 0. The van der Waals surface area contributed by atoms with Gasteiger partial charge in [-0.1, -0.05) is 18.9 Å². The Labute approximate surface area is 94.6 Å². The SMILES string of the molecule is NC(=O)c1ccc2c(c1)CC(NS)CC2. The smallest absolute Gasteiger partial charge is 0.248 e. The molecule has 0 fully saturated rings. The summed E-state index contributed by atoms with van der Waals surface area (Å²) in [6, 6.07) is 6.10. The lowest BCUT2D eigenvalue weighted by molar-refractivity contribution is 0.1000. The minimum atomic E-state index is -0.362. The van der Waals surface area contributed by atoms with Gasteiger partial charge in [0.15, 0.2) is 0 Å². The molecule has 1 aliphatic carbocycles. The van der Waals surface area contributed by atoms with Gasteiger partial charge in [-0.2, -0.15) is 0 Å². The molecule has 0 aromatic heterocycles. The summed E-state index contributed by atoms with van der Waals surface area (Å²) in [4.78, 5) is 11.0. The maximum Gasteiger partial charge on any atom is 0.248 e. The first-order chi connectivity index (χ1) is 7.20. The average molecular weight is 222 g/mol. The molecule has 1 aliphatic rings. The van der Waals surface area contributed by atoms with Crippen molar-refractivity contribution in [2.24, 2.45) is 5.73 Å². The Balaban J connectivity index is 2.30. The summed E-state index contributed by atoms with van der Waals surface area (Å²) in [6.07, 6.45) is 3.04. The van der Waals surface area contributed by atoms with Crippen LogP contribution in [0, 0.1) is 0 Å². The molecule has 0 aliphatic heterocycles. The molecule has 0 spiro atoms. The standard InChI is InChI=1S/C11H14N2OS/c12-11(14)8-2-1-7-3-4-10(13-15)6-9(7)5-8/h1-2,5,10,13,15H,3-4,6H2,(H2,12,14). The molecule has 0 bridgehead atoms. The van der Waals surface area contributed by atoms with E-state index in [1.165, 1.54) is 11.1 Å². The van der Waals surface area contributed by atoms with Gasteiger partial charge in [0.05, 0.1) is 0 Å². The van der Waals surface area contributed by atoms with Crippen LogP contribution in [0.5, 0.6) is 0 Å². The van der Waals surface area contributed by atoms with E-state index in [4.69, 9.17) is 5.73 Å². The molecule has 0 saturated heterocycles. The number of fused-ring (bicyclic) bond motifs is 1. The number of aryl methyl sites for hydroxylation is 1. The average Bonchev–Trinajstić information content (AvgIpc) is 2.27. The van der Waals surface area contributed by atoms with Crippen molar-refractivity contribution < 1.29 is 4.79 Å². The number of carbonyl (C=O) groups excluding carboxylic acids is 1. The first kappa shape index (κ1) is 10.5. The number of hydrogen-bond donors (Lipinski definition) is 3. The van der Waals surface area contributed by atoms with E-state index >= 15 is 0 Å². The lowest BCUT2D eigenvalue weighted by atomic mass is 9.87. The fourth-order valence-electron chi connectivity index (χ4n) is 2.02. The molecule has 80 valence electrons. The van der Waals surface area contributed by atoms with Gasteiger partial charge < -0.3 is 5.73 Å². The van der Waals surface area contributed by atoms with Crippen molar-refractivity contribution in [1.29, 1.82) is 0 Å². The fourth-order valence-corrected chi connectivity index (χ4v) is 2.24. The van der Waals surface area contributed by atoms with Crippen LogP contribution < -0.4 is 10.5 Å². The third-order valence-corrected chi connectivity index (χ3v) is 3.27. The second-order valence-corrected chi connectivity index (χ2v) is 4.17. The molecule has 1 atom stereocenters. The van der Waals surface area contributed by atoms with E-state index in [1.54, 1.807) is 6.07 Å². The first-order valence-electron chi connectivity index (χ1n) is 5.02. The van der Waals surface area contributed by atoms with Gasteiger partial charge in [0.2, 0.25) is 5.91 Å². The summed E-state index contributed by atoms with van der Waals surface area (Å²) in [7, 11) is 0. The Morgan fingerprint density at radius 3 is 2.93 bits per heavy atom. The van der Waals surface area contributed by atoms with Crippen molar-refractivity contribution in [3.8, 4) is 0 Å². The van der Waals surface area contributed by atoms with Crippen LogP contribution in [-0.2, 0) is 12.8 Å². The molecule has 0 radical (unpaired) electrons. The lowest BCUT2D eigenvalue weighted by Crippen LogP contribution is -2.28. The minimum Gasteiger partial charge on any atom is -0.366 e. The predicted octanol–water partition coefficient (Wildman–Crippen LogP) is 1.08. The predicted molar refractivity (Wildman–Crippen MR) is 62.9 cm³/mol. The highest BCUT2D eigenvalue weighted by Gasteiger charge is 2.18. The molecule has 1 unspecified atom stereocenters. The number of benzene rings is 1. The largest absolute Gasteiger partial charge is 0.366 e. The van der Waals surface area contributed by atoms with Gasteiger partial charge in [0.1, 0.15) is 0 Å². The number of nitrogens with two attached hydrogens (primary N) is 1. The maximum atomic E-state index is 11.0. The molecule has 1 aromatic carbocycles. The molecule has 3 nitrogen and oxygen atoms in total. The molecule has 2 rings (SSSR count). The highest BCUT2D eigenvalue weighted by Crippen LogP contribution is 2.22. The third-order valence-electron chi connectivity index (χ3n) is 2.90. The molecule has 0 heterocycles. The van der Waals surface area contributed by atoms with Crippen LogP contribution in [-0.4, -0.2) is 11.9 Å². The number of nitrogens with one attached hydrogen (secondary N) is 1. The summed E-state index contributed by atoms with van der Waals surface area (Å²) in [5.74, 6) is -0.362. The number of thiol groups is 1. The number of carbonyl (C=O) groups is 1. The molecular weight excluding hydrogens is 208 g/mol. The van der Waals surface area contributed by atoms with Crippen molar-refractivity contribution in [3.05, 3.63) is 34.9 Å². The Morgan fingerprint density at radius 1 is 1.47 bits per heavy atom. The lowest BCUT2D eigenvalue weighted by Gasteiger charge is -2.23. The second kappa shape index (κ2) is 4.24. The van der Waals surface area contributed by atoms with Crippen LogP contribution in [0.2, 0.25) is 0 Å². The van der Waals surface area contributed by atoms with Crippen LogP contribution in [0.15, 0.2) is 18.2 Å². The van der Waals surface area contributed by atoms with E-state index in [2.05, 4.69) is 17.5 Å². The first-order valence-corrected chi connectivity index (χ1v) is 5.46. The Kier molecular flexibility index (Phi) is 2.98. The van der Waals surface area contributed by atoms with Crippen LogP contribution >= 0.6 is 12.8 Å². The monoisotopic (exact) mass is 222 g/mol. The molecule has 1 aromatic rings. The van der Waals surface area contributed by atoms with Gasteiger partial charge in [-0.05, 0) is 42.5 Å². The van der Waals surface area contributed by atoms with Crippen molar-refractivity contribution >= 4 is 18.7 Å². The zero-order valence-electron chi connectivity index (χ0n) is 8.36. The van der Waals surface area contributed by atoms with Crippen molar-refractivity contribution in [1.82, 2.24) is 4.72 Å². The van der Waals surface area contributed by atoms with Crippen LogP contribution in [0.1, 0.15) is 27.9 Å². The highest BCUT2D eigenvalue weighted by atomic mass is 32.1. The molecule has 1 amide bonds. The zero-order valence-corrected chi connectivity index (χ0v) is 9.26. The van der Waals surface area contributed by atoms with Crippen molar-refractivity contribution in [2.75, 3.05) is 0 Å². The molecule has 15 heavy (non-hydrogen) atoms. The minimum absolute atomic E-state index is 0.362. The van der Waals surface area contributed by atoms with E-state index in [-0.39, 0.29) is 5.91 Å². The Hall–Kier alpha value is -1.00. The van der Waals surface area contributed by atoms with Gasteiger partial charge >= 0.3 is 0 Å². The van der Waals surface area contributed by atoms with E-state index < -0.39 is 0 Å². The van der Waals surface area contributed by atoms with Gasteiger partial charge in [-0.15, -0.1) is 0 Å². The molecule has 4 heteroatoms.